The summed E-state index contributed by atoms with van der Waals surface area (Å²) in [7, 11) is 1.89. The van der Waals surface area contributed by atoms with Crippen LogP contribution in [-0.4, -0.2) is 33.9 Å². The molecular weight excluding hydrogens is 206 g/mol. The van der Waals surface area contributed by atoms with E-state index >= 15 is 0 Å². The number of rotatable bonds is 6. The van der Waals surface area contributed by atoms with Gasteiger partial charge in [-0.25, -0.2) is 4.79 Å². The third-order valence-corrected chi connectivity index (χ3v) is 2.26. The molecule has 0 spiro atoms. The van der Waals surface area contributed by atoms with Crippen LogP contribution >= 0.6 is 0 Å². The molecule has 0 radical (unpaired) electrons. The number of urea groups is 1. The minimum Gasteiger partial charge on any atom is -0.338 e. The number of aryl methyl sites for hydroxylation is 1. The molecule has 1 rings (SSSR count). The normalized spacial score (nSPS) is 10.1. The molecular formula is C10H19N5O. The highest BCUT2D eigenvalue weighted by molar-refractivity contribution is 5.73. The lowest BCUT2D eigenvalue weighted by Gasteiger charge is -2.06. The predicted octanol–water partition coefficient (Wildman–Crippen LogP) is 0.457. The molecule has 0 aliphatic rings. The van der Waals surface area contributed by atoms with Crippen LogP contribution in [0.1, 0.15) is 25.6 Å². The maximum atomic E-state index is 11.3. The van der Waals surface area contributed by atoms with Gasteiger partial charge in [0.25, 0.3) is 0 Å². The number of hydrogen-bond acceptors (Lipinski definition) is 3. The quantitative estimate of drug-likeness (QED) is 0.691. The number of hydrogen-bond donors (Lipinski definition) is 2. The largest absolute Gasteiger partial charge is 0.338 e. The summed E-state index contributed by atoms with van der Waals surface area (Å²) >= 11 is 0. The van der Waals surface area contributed by atoms with E-state index in [0.717, 1.165) is 25.2 Å². The minimum absolute atomic E-state index is 0.115. The zero-order valence-corrected chi connectivity index (χ0v) is 9.86. The summed E-state index contributed by atoms with van der Waals surface area (Å²) in [5, 5.41) is 13.3. The van der Waals surface area contributed by atoms with Crippen molar-refractivity contribution in [1.82, 2.24) is 25.4 Å². The number of carbonyl (C=O) groups excluding carboxylic acids is 1. The van der Waals surface area contributed by atoms with Crippen molar-refractivity contribution in [2.24, 2.45) is 7.05 Å². The molecule has 0 aromatic carbocycles. The van der Waals surface area contributed by atoms with Gasteiger partial charge in [-0.1, -0.05) is 13.3 Å². The Balaban J connectivity index is 2.11. The monoisotopic (exact) mass is 225 g/mol. The fraction of sp³-hybridized carbons (Fsp3) is 0.700. The van der Waals surface area contributed by atoms with Gasteiger partial charge in [0.05, 0.1) is 0 Å². The lowest BCUT2D eigenvalue weighted by atomic mass is 10.3. The highest BCUT2D eigenvalue weighted by Crippen LogP contribution is 1.91. The molecule has 1 heterocycles. The second-order valence-electron chi connectivity index (χ2n) is 3.64. The number of unbranched alkanes of at least 4 members (excludes halogenated alkanes) is 1. The van der Waals surface area contributed by atoms with Gasteiger partial charge < -0.3 is 15.2 Å². The molecule has 0 aliphatic heterocycles. The molecule has 1 aromatic rings. The predicted molar refractivity (Wildman–Crippen MR) is 61.0 cm³/mol. The van der Waals surface area contributed by atoms with E-state index in [-0.39, 0.29) is 6.03 Å². The number of carbonyl (C=O) groups is 1. The van der Waals surface area contributed by atoms with E-state index in [4.69, 9.17) is 0 Å². The zero-order valence-electron chi connectivity index (χ0n) is 9.86. The van der Waals surface area contributed by atoms with Crippen LogP contribution in [0.25, 0.3) is 0 Å². The highest BCUT2D eigenvalue weighted by Gasteiger charge is 2.02. The van der Waals surface area contributed by atoms with Gasteiger partial charge in [-0.15, -0.1) is 10.2 Å². The first-order valence-electron chi connectivity index (χ1n) is 5.58. The van der Waals surface area contributed by atoms with Gasteiger partial charge in [0, 0.05) is 26.6 Å². The van der Waals surface area contributed by atoms with Crippen LogP contribution < -0.4 is 10.6 Å². The Kier molecular flexibility index (Phi) is 5.31. The Morgan fingerprint density at radius 3 is 2.81 bits per heavy atom. The topological polar surface area (TPSA) is 71.8 Å². The van der Waals surface area contributed by atoms with Crippen molar-refractivity contribution < 1.29 is 4.79 Å². The van der Waals surface area contributed by atoms with E-state index in [9.17, 15) is 4.79 Å². The summed E-state index contributed by atoms with van der Waals surface area (Å²) < 4.78 is 1.84. The van der Waals surface area contributed by atoms with Gasteiger partial charge in [0.1, 0.15) is 12.2 Å². The Labute approximate surface area is 95.4 Å². The summed E-state index contributed by atoms with van der Waals surface area (Å²) in [6.45, 7) is 3.39. The molecule has 6 heteroatoms. The van der Waals surface area contributed by atoms with Crippen LogP contribution in [0.2, 0.25) is 0 Å². The van der Waals surface area contributed by atoms with E-state index in [1.54, 1.807) is 6.33 Å². The average molecular weight is 225 g/mol. The van der Waals surface area contributed by atoms with E-state index in [0.29, 0.717) is 13.0 Å². The first-order valence-corrected chi connectivity index (χ1v) is 5.58. The van der Waals surface area contributed by atoms with Crippen LogP contribution in [-0.2, 0) is 13.5 Å². The van der Waals surface area contributed by atoms with Gasteiger partial charge in [0.2, 0.25) is 0 Å². The maximum absolute atomic E-state index is 11.3. The summed E-state index contributed by atoms with van der Waals surface area (Å²) in [5.41, 5.74) is 0. The van der Waals surface area contributed by atoms with Crippen LogP contribution in [0, 0.1) is 0 Å². The highest BCUT2D eigenvalue weighted by atomic mass is 16.2. The summed E-state index contributed by atoms with van der Waals surface area (Å²) in [6.07, 6.45) is 4.43. The Morgan fingerprint density at radius 1 is 1.44 bits per heavy atom. The number of nitrogens with zero attached hydrogens (tertiary/aromatic N) is 3. The lowest BCUT2D eigenvalue weighted by molar-refractivity contribution is 0.241. The van der Waals surface area contributed by atoms with Crippen LogP contribution in [0.4, 0.5) is 4.79 Å². The molecule has 2 amide bonds. The van der Waals surface area contributed by atoms with Gasteiger partial charge in [-0.05, 0) is 6.42 Å². The second kappa shape index (κ2) is 6.81. The van der Waals surface area contributed by atoms with Crippen molar-refractivity contribution >= 4 is 6.03 Å². The first-order chi connectivity index (χ1) is 7.74. The molecule has 1 aromatic heterocycles. The third kappa shape index (κ3) is 4.29. The lowest BCUT2D eigenvalue weighted by Crippen LogP contribution is -2.37. The van der Waals surface area contributed by atoms with Crippen molar-refractivity contribution in [2.75, 3.05) is 13.1 Å². The number of aromatic nitrogens is 3. The first kappa shape index (κ1) is 12.5. The second-order valence-corrected chi connectivity index (χ2v) is 3.64. The standard InChI is InChI=1S/C10H19N5O/c1-3-4-6-11-10(16)12-7-5-9-14-13-8-15(9)2/h8H,3-7H2,1-2H3,(H2,11,12,16). The van der Waals surface area contributed by atoms with E-state index < -0.39 is 0 Å². The summed E-state index contributed by atoms with van der Waals surface area (Å²) in [6, 6.07) is -0.115. The third-order valence-electron chi connectivity index (χ3n) is 2.26. The maximum Gasteiger partial charge on any atom is 0.314 e. The SMILES string of the molecule is CCCCNC(=O)NCCc1nncn1C. The van der Waals surface area contributed by atoms with Gasteiger partial charge in [0.15, 0.2) is 0 Å². The molecule has 0 atom stereocenters. The van der Waals surface area contributed by atoms with E-state index in [2.05, 4.69) is 27.8 Å². The molecule has 0 unspecified atom stereocenters. The molecule has 90 valence electrons. The van der Waals surface area contributed by atoms with E-state index in [1.165, 1.54) is 0 Å². The Hall–Kier alpha value is -1.59. The smallest absolute Gasteiger partial charge is 0.314 e. The fourth-order valence-electron chi connectivity index (χ4n) is 1.26. The van der Waals surface area contributed by atoms with Crippen molar-refractivity contribution in [2.45, 2.75) is 26.2 Å². The van der Waals surface area contributed by atoms with Crippen LogP contribution in [0.15, 0.2) is 6.33 Å². The molecule has 0 bridgehead atoms. The summed E-state index contributed by atoms with van der Waals surface area (Å²) in [4.78, 5) is 11.3. The van der Waals surface area contributed by atoms with Crippen LogP contribution in [0.5, 0.6) is 0 Å². The number of amides is 2. The average Bonchev–Trinajstić information content (AvgIpc) is 2.65. The number of nitrogens with one attached hydrogen (secondary N) is 2. The molecule has 16 heavy (non-hydrogen) atoms. The van der Waals surface area contributed by atoms with Gasteiger partial charge in [-0.2, -0.15) is 0 Å². The molecule has 6 nitrogen and oxygen atoms in total. The van der Waals surface area contributed by atoms with Gasteiger partial charge >= 0.3 is 6.03 Å². The van der Waals surface area contributed by atoms with Crippen molar-refractivity contribution in [3.63, 3.8) is 0 Å². The van der Waals surface area contributed by atoms with Crippen molar-refractivity contribution in [3.05, 3.63) is 12.2 Å². The minimum atomic E-state index is -0.115. The van der Waals surface area contributed by atoms with Gasteiger partial charge in [-0.3, -0.25) is 0 Å². The fourth-order valence-corrected chi connectivity index (χ4v) is 1.26. The van der Waals surface area contributed by atoms with E-state index in [1.807, 2.05) is 11.6 Å². The Morgan fingerprint density at radius 2 is 2.19 bits per heavy atom. The Bertz CT molecular complexity index is 323. The molecule has 0 aliphatic carbocycles. The van der Waals surface area contributed by atoms with Crippen molar-refractivity contribution in [3.8, 4) is 0 Å². The summed E-state index contributed by atoms with van der Waals surface area (Å²) in [5.74, 6) is 0.869. The molecule has 2 N–H and O–H groups in total. The van der Waals surface area contributed by atoms with Crippen LogP contribution in [0.3, 0.4) is 0 Å². The van der Waals surface area contributed by atoms with Crippen molar-refractivity contribution in [1.29, 1.82) is 0 Å². The molecule has 0 saturated heterocycles. The molecule has 0 saturated carbocycles. The molecule has 0 fully saturated rings. The zero-order chi connectivity index (χ0) is 11.8.